The SMILES string of the molecule is Cc1nc(Cl)c(-c2ccccc2C)c(Cl)n1. The molecule has 4 heteroatoms. The van der Waals surface area contributed by atoms with Crippen LogP contribution in [0.2, 0.25) is 10.3 Å². The van der Waals surface area contributed by atoms with Crippen LogP contribution >= 0.6 is 23.2 Å². The Morgan fingerprint density at radius 3 is 2.06 bits per heavy atom. The van der Waals surface area contributed by atoms with Crippen molar-refractivity contribution in [1.29, 1.82) is 0 Å². The minimum absolute atomic E-state index is 0.395. The van der Waals surface area contributed by atoms with Crippen molar-refractivity contribution in [2.75, 3.05) is 0 Å². The van der Waals surface area contributed by atoms with Crippen molar-refractivity contribution in [1.82, 2.24) is 9.97 Å². The zero-order valence-electron chi connectivity index (χ0n) is 8.96. The molecule has 1 aromatic heterocycles. The van der Waals surface area contributed by atoms with E-state index >= 15 is 0 Å². The highest BCUT2D eigenvalue weighted by molar-refractivity contribution is 6.37. The van der Waals surface area contributed by atoms with Gasteiger partial charge in [0.2, 0.25) is 0 Å². The van der Waals surface area contributed by atoms with Crippen molar-refractivity contribution >= 4 is 23.2 Å². The number of halogens is 2. The summed E-state index contributed by atoms with van der Waals surface area (Å²) in [5, 5.41) is 0.790. The van der Waals surface area contributed by atoms with E-state index in [4.69, 9.17) is 23.2 Å². The molecular weight excluding hydrogens is 243 g/mol. The molecule has 1 aromatic carbocycles. The maximum atomic E-state index is 6.11. The van der Waals surface area contributed by atoms with E-state index in [1.54, 1.807) is 6.92 Å². The summed E-state index contributed by atoms with van der Waals surface area (Å²) in [5.74, 6) is 0.576. The second-order valence-corrected chi connectivity index (χ2v) is 4.26. The van der Waals surface area contributed by atoms with Crippen LogP contribution in [0, 0.1) is 13.8 Å². The van der Waals surface area contributed by atoms with E-state index in [2.05, 4.69) is 9.97 Å². The maximum Gasteiger partial charge on any atom is 0.142 e. The van der Waals surface area contributed by atoms with Crippen LogP contribution in [0.15, 0.2) is 24.3 Å². The second kappa shape index (κ2) is 4.40. The molecule has 82 valence electrons. The van der Waals surface area contributed by atoms with Gasteiger partial charge in [0, 0.05) is 0 Å². The van der Waals surface area contributed by atoms with E-state index in [9.17, 15) is 0 Å². The van der Waals surface area contributed by atoms with Gasteiger partial charge in [-0.3, -0.25) is 0 Å². The van der Waals surface area contributed by atoms with E-state index in [1.165, 1.54) is 0 Å². The van der Waals surface area contributed by atoms with Crippen LogP contribution in [0.25, 0.3) is 11.1 Å². The van der Waals surface area contributed by atoms with Crippen LogP contribution in [0.1, 0.15) is 11.4 Å². The van der Waals surface area contributed by atoms with Crippen molar-refractivity contribution in [3.63, 3.8) is 0 Å². The summed E-state index contributed by atoms with van der Waals surface area (Å²) >= 11 is 12.2. The van der Waals surface area contributed by atoms with Crippen LogP contribution < -0.4 is 0 Å². The quantitative estimate of drug-likeness (QED) is 0.716. The molecule has 0 spiro atoms. The van der Waals surface area contributed by atoms with Gasteiger partial charge in [0.1, 0.15) is 16.1 Å². The fourth-order valence-electron chi connectivity index (χ4n) is 1.58. The fraction of sp³-hybridized carbons (Fsp3) is 0.167. The molecule has 0 aliphatic carbocycles. The van der Waals surface area contributed by atoms with Crippen molar-refractivity contribution in [3.8, 4) is 11.1 Å². The molecule has 1 heterocycles. The zero-order valence-corrected chi connectivity index (χ0v) is 10.5. The van der Waals surface area contributed by atoms with Gasteiger partial charge in [0.25, 0.3) is 0 Å². The minimum Gasteiger partial charge on any atom is -0.221 e. The Bertz CT molecular complexity index is 515. The van der Waals surface area contributed by atoms with Gasteiger partial charge in [-0.1, -0.05) is 47.5 Å². The molecule has 0 saturated carbocycles. The summed E-state index contributed by atoms with van der Waals surface area (Å²) < 4.78 is 0. The molecule has 0 aliphatic rings. The fourth-order valence-corrected chi connectivity index (χ4v) is 2.26. The molecule has 0 N–H and O–H groups in total. The molecule has 0 fully saturated rings. The maximum absolute atomic E-state index is 6.11. The van der Waals surface area contributed by atoms with Gasteiger partial charge < -0.3 is 0 Å². The van der Waals surface area contributed by atoms with Crippen molar-refractivity contribution < 1.29 is 0 Å². The van der Waals surface area contributed by atoms with Crippen LogP contribution in [0.4, 0.5) is 0 Å². The van der Waals surface area contributed by atoms with Crippen LogP contribution in [-0.2, 0) is 0 Å². The third-order valence-electron chi connectivity index (χ3n) is 2.35. The van der Waals surface area contributed by atoms with Crippen LogP contribution in [-0.4, -0.2) is 9.97 Å². The standard InChI is InChI=1S/C12H10Cl2N2/c1-7-5-3-4-6-9(7)10-11(13)15-8(2)16-12(10)14/h3-6H,1-2H3. The van der Waals surface area contributed by atoms with E-state index in [-0.39, 0.29) is 0 Å². The highest BCUT2D eigenvalue weighted by Crippen LogP contribution is 2.33. The molecule has 0 aliphatic heterocycles. The van der Waals surface area contributed by atoms with Gasteiger partial charge in [-0.05, 0) is 25.0 Å². The van der Waals surface area contributed by atoms with Crippen LogP contribution in [0.3, 0.4) is 0 Å². The number of nitrogens with zero attached hydrogens (tertiary/aromatic N) is 2. The average molecular weight is 253 g/mol. The predicted molar refractivity (Wildman–Crippen MR) is 67.0 cm³/mol. The molecule has 0 unspecified atom stereocenters. The topological polar surface area (TPSA) is 25.8 Å². The number of benzene rings is 1. The van der Waals surface area contributed by atoms with Crippen molar-refractivity contribution in [2.24, 2.45) is 0 Å². The van der Waals surface area contributed by atoms with Gasteiger partial charge in [0.05, 0.1) is 5.56 Å². The normalized spacial score (nSPS) is 10.5. The lowest BCUT2D eigenvalue weighted by Gasteiger charge is -2.09. The first-order valence-electron chi connectivity index (χ1n) is 4.85. The first-order valence-corrected chi connectivity index (χ1v) is 5.61. The number of rotatable bonds is 1. The number of aryl methyl sites for hydroxylation is 2. The lowest BCUT2D eigenvalue weighted by Crippen LogP contribution is -1.94. The third-order valence-corrected chi connectivity index (χ3v) is 2.89. The second-order valence-electron chi connectivity index (χ2n) is 3.54. The molecule has 0 radical (unpaired) electrons. The van der Waals surface area contributed by atoms with E-state index < -0.39 is 0 Å². The molecule has 2 aromatic rings. The lowest BCUT2D eigenvalue weighted by atomic mass is 10.0. The van der Waals surface area contributed by atoms with Gasteiger partial charge >= 0.3 is 0 Å². The Labute approximate surface area is 104 Å². The zero-order chi connectivity index (χ0) is 11.7. The van der Waals surface area contributed by atoms with Gasteiger partial charge in [0.15, 0.2) is 0 Å². The first-order chi connectivity index (χ1) is 7.59. The van der Waals surface area contributed by atoms with Gasteiger partial charge in [-0.2, -0.15) is 0 Å². The predicted octanol–water partition coefficient (Wildman–Crippen LogP) is 4.07. The Hall–Kier alpha value is -1.12. The lowest BCUT2D eigenvalue weighted by molar-refractivity contribution is 1.06. The Kier molecular flexibility index (Phi) is 3.13. The summed E-state index contributed by atoms with van der Waals surface area (Å²) in [5.41, 5.74) is 2.77. The summed E-state index contributed by atoms with van der Waals surface area (Å²) in [7, 11) is 0. The highest BCUT2D eigenvalue weighted by Gasteiger charge is 2.13. The molecule has 0 bridgehead atoms. The summed E-state index contributed by atoms with van der Waals surface area (Å²) in [6.45, 7) is 3.77. The molecule has 2 rings (SSSR count). The van der Waals surface area contributed by atoms with Crippen LogP contribution in [0.5, 0.6) is 0 Å². The van der Waals surface area contributed by atoms with E-state index in [1.807, 2.05) is 31.2 Å². The van der Waals surface area contributed by atoms with Gasteiger partial charge in [-0.15, -0.1) is 0 Å². The molecule has 16 heavy (non-hydrogen) atoms. The number of aromatic nitrogens is 2. The first kappa shape index (κ1) is 11.4. The Balaban J connectivity index is 2.70. The monoisotopic (exact) mass is 252 g/mol. The number of hydrogen-bond donors (Lipinski definition) is 0. The summed E-state index contributed by atoms with van der Waals surface area (Å²) in [4.78, 5) is 8.24. The molecule has 0 saturated heterocycles. The van der Waals surface area contributed by atoms with Crippen molar-refractivity contribution in [3.05, 3.63) is 46.0 Å². The molecule has 0 amide bonds. The Morgan fingerprint density at radius 2 is 1.50 bits per heavy atom. The van der Waals surface area contributed by atoms with E-state index in [0.29, 0.717) is 21.7 Å². The molecular formula is C12H10Cl2N2. The third kappa shape index (κ3) is 2.04. The molecule has 0 atom stereocenters. The number of hydrogen-bond acceptors (Lipinski definition) is 2. The highest BCUT2D eigenvalue weighted by atomic mass is 35.5. The smallest absolute Gasteiger partial charge is 0.142 e. The average Bonchev–Trinajstić information content (AvgIpc) is 2.19. The van der Waals surface area contributed by atoms with E-state index in [0.717, 1.165) is 11.1 Å². The summed E-state index contributed by atoms with van der Waals surface area (Å²) in [6.07, 6.45) is 0. The largest absolute Gasteiger partial charge is 0.221 e. The molecule has 2 nitrogen and oxygen atoms in total. The minimum atomic E-state index is 0.395. The van der Waals surface area contributed by atoms with Gasteiger partial charge in [-0.25, -0.2) is 9.97 Å². The van der Waals surface area contributed by atoms with Crippen molar-refractivity contribution in [2.45, 2.75) is 13.8 Å². The Morgan fingerprint density at radius 1 is 0.938 bits per heavy atom. The summed E-state index contributed by atoms with van der Waals surface area (Å²) in [6, 6.07) is 7.87.